The summed E-state index contributed by atoms with van der Waals surface area (Å²) in [6, 6.07) is -0.751. The maximum Gasteiger partial charge on any atom is 0.411 e. The lowest BCUT2D eigenvalue weighted by Gasteiger charge is -2.45. The van der Waals surface area contributed by atoms with Gasteiger partial charge in [0.15, 0.2) is 5.79 Å². The molecule has 2 heterocycles. The number of ether oxygens (including phenoxy) is 3. The molecular formula is C14H23NO5. The van der Waals surface area contributed by atoms with E-state index in [1.165, 1.54) is 4.90 Å². The van der Waals surface area contributed by atoms with Crippen LogP contribution in [0.5, 0.6) is 0 Å². The summed E-state index contributed by atoms with van der Waals surface area (Å²) in [5.74, 6) is -0.719. The second kappa shape index (κ2) is 5.33. The maximum absolute atomic E-state index is 12.3. The molecule has 2 atom stereocenters. The number of carbonyl (C=O) groups is 2. The van der Waals surface area contributed by atoms with E-state index in [0.29, 0.717) is 26.1 Å². The van der Waals surface area contributed by atoms with Crippen molar-refractivity contribution >= 4 is 12.4 Å². The van der Waals surface area contributed by atoms with Gasteiger partial charge in [-0.1, -0.05) is 0 Å². The van der Waals surface area contributed by atoms with Gasteiger partial charge < -0.3 is 19.0 Å². The van der Waals surface area contributed by atoms with E-state index in [1.807, 2.05) is 6.92 Å². The monoisotopic (exact) mass is 285 g/mol. The van der Waals surface area contributed by atoms with Crippen LogP contribution in [0.1, 0.15) is 40.5 Å². The predicted octanol–water partition coefficient (Wildman–Crippen LogP) is 1.72. The molecule has 2 saturated heterocycles. The number of hydrogen-bond acceptors (Lipinski definition) is 5. The van der Waals surface area contributed by atoms with Crippen molar-refractivity contribution < 1.29 is 23.8 Å². The third kappa shape index (κ3) is 3.12. The molecule has 2 aliphatic rings. The molecule has 0 aromatic heterocycles. The minimum atomic E-state index is -0.719. The normalized spacial score (nSPS) is 29.5. The Morgan fingerprint density at radius 2 is 1.90 bits per heavy atom. The molecule has 0 aromatic carbocycles. The molecule has 20 heavy (non-hydrogen) atoms. The van der Waals surface area contributed by atoms with Gasteiger partial charge in [-0.05, 0) is 27.7 Å². The summed E-state index contributed by atoms with van der Waals surface area (Å²) < 4.78 is 16.7. The maximum atomic E-state index is 12.3. The molecule has 6 nitrogen and oxygen atoms in total. The highest BCUT2D eigenvalue weighted by Crippen LogP contribution is 2.37. The fraction of sp³-hybridized carbons (Fsp3) is 0.857. The number of nitrogens with zero attached hydrogens (tertiary/aromatic N) is 1. The fourth-order valence-corrected chi connectivity index (χ4v) is 2.85. The number of carbonyl (C=O) groups excluding carboxylic acids is 2. The van der Waals surface area contributed by atoms with E-state index in [-0.39, 0.29) is 6.04 Å². The highest BCUT2D eigenvalue weighted by Gasteiger charge is 2.49. The van der Waals surface area contributed by atoms with Crippen molar-refractivity contribution in [2.24, 2.45) is 0 Å². The number of likely N-dealkylation sites (tertiary alicyclic amines) is 1. The summed E-state index contributed by atoms with van der Waals surface area (Å²) in [5, 5.41) is 0. The molecule has 0 aromatic rings. The minimum Gasteiger partial charge on any atom is -0.444 e. The van der Waals surface area contributed by atoms with Crippen molar-refractivity contribution in [2.45, 2.75) is 64.0 Å². The van der Waals surface area contributed by atoms with Gasteiger partial charge in [0.05, 0.1) is 19.3 Å². The van der Waals surface area contributed by atoms with Crippen LogP contribution in [0.4, 0.5) is 4.79 Å². The Morgan fingerprint density at radius 1 is 1.30 bits per heavy atom. The van der Waals surface area contributed by atoms with Gasteiger partial charge in [-0.25, -0.2) is 4.79 Å². The molecule has 0 N–H and O–H groups in total. The molecule has 0 aliphatic carbocycles. The summed E-state index contributed by atoms with van der Waals surface area (Å²) in [7, 11) is 0. The van der Waals surface area contributed by atoms with E-state index in [2.05, 4.69) is 0 Å². The average Bonchev–Trinajstić information content (AvgIpc) is 2.73. The van der Waals surface area contributed by atoms with Gasteiger partial charge in [-0.2, -0.15) is 0 Å². The average molecular weight is 285 g/mol. The van der Waals surface area contributed by atoms with Crippen molar-refractivity contribution in [2.75, 3.05) is 13.2 Å². The Morgan fingerprint density at radius 3 is 2.40 bits per heavy atom. The van der Waals surface area contributed by atoms with Crippen molar-refractivity contribution in [3.63, 3.8) is 0 Å². The molecule has 2 rings (SSSR count). The number of piperidine rings is 1. The van der Waals surface area contributed by atoms with E-state index in [9.17, 15) is 9.59 Å². The third-order valence-corrected chi connectivity index (χ3v) is 3.53. The smallest absolute Gasteiger partial charge is 0.411 e. The van der Waals surface area contributed by atoms with Crippen LogP contribution in [0.25, 0.3) is 0 Å². The molecule has 0 bridgehead atoms. The van der Waals surface area contributed by atoms with Crippen LogP contribution in [0.3, 0.4) is 0 Å². The van der Waals surface area contributed by atoms with Gasteiger partial charge in [-0.3, -0.25) is 4.90 Å². The van der Waals surface area contributed by atoms with Gasteiger partial charge in [0.2, 0.25) is 0 Å². The highest BCUT2D eigenvalue weighted by atomic mass is 16.7. The van der Waals surface area contributed by atoms with E-state index in [4.69, 9.17) is 14.2 Å². The molecule has 1 unspecified atom stereocenters. The van der Waals surface area contributed by atoms with Crippen LogP contribution >= 0.6 is 0 Å². The lowest BCUT2D eigenvalue weighted by atomic mass is 9.91. The van der Waals surface area contributed by atoms with E-state index in [0.717, 1.165) is 6.29 Å². The first-order valence-electron chi connectivity index (χ1n) is 7.01. The molecule has 6 heteroatoms. The molecule has 1 amide bonds. The minimum absolute atomic E-state index is 0.174. The quantitative estimate of drug-likeness (QED) is 0.686. The van der Waals surface area contributed by atoms with Gasteiger partial charge in [0.25, 0.3) is 0 Å². The number of aldehydes is 1. The predicted molar refractivity (Wildman–Crippen MR) is 71.3 cm³/mol. The van der Waals surface area contributed by atoms with Crippen LogP contribution in [0, 0.1) is 0 Å². The zero-order chi connectivity index (χ0) is 15.0. The topological polar surface area (TPSA) is 65.1 Å². The van der Waals surface area contributed by atoms with E-state index < -0.39 is 23.5 Å². The van der Waals surface area contributed by atoms with Crippen LogP contribution in [-0.4, -0.2) is 54.0 Å². The van der Waals surface area contributed by atoms with E-state index in [1.54, 1.807) is 20.8 Å². The van der Waals surface area contributed by atoms with Crippen molar-refractivity contribution in [1.29, 1.82) is 0 Å². The molecular weight excluding hydrogens is 262 g/mol. The number of amides is 1. The van der Waals surface area contributed by atoms with E-state index >= 15 is 0 Å². The molecule has 1 spiro atoms. The van der Waals surface area contributed by atoms with Crippen molar-refractivity contribution in [3.8, 4) is 0 Å². The molecule has 2 fully saturated rings. The summed E-state index contributed by atoms with van der Waals surface area (Å²) in [6.07, 6.45) is 1.22. The molecule has 0 radical (unpaired) electrons. The fourth-order valence-electron chi connectivity index (χ4n) is 2.85. The second-order valence-electron chi connectivity index (χ2n) is 6.46. The van der Waals surface area contributed by atoms with Gasteiger partial charge in [0.1, 0.15) is 11.9 Å². The summed E-state index contributed by atoms with van der Waals surface area (Å²) in [6.45, 7) is 8.36. The van der Waals surface area contributed by atoms with Gasteiger partial charge in [0, 0.05) is 18.9 Å². The Balaban J connectivity index is 2.13. The Bertz CT molecular complexity index is 384. The van der Waals surface area contributed by atoms with Crippen LogP contribution in [0.2, 0.25) is 0 Å². The summed E-state index contributed by atoms with van der Waals surface area (Å²) >= 11 is 0. The Kier molecular flexibility index (Phi) is 4.07. The first-order valence-corrected chi connectivity index (χ1v) is 7.01. The first-order chi connectivity index (χ1) is 9.26. The first kappa shape index (κ1) is 15.3. The Hall–Kier alpha value is -1.14. The Labute approximate surface area is 119 Å². The zero-order valence-corrected chi connectivity index (χ0v) is 12.5. The molecule has 0 saturated carbocycles. The third-order valence-electron chi connectivity index (χ3n) is 3.53. The van der Waals surface area contributed by atoms with Gasteiger partial charge >= 0.3 is 6.09 Å². The SMILES string of the molecule is C[C@H]1CC2(CC(C=O)N1C(=O)OC(C)(C)C)OCCO2. The van der Waals surface area contributed by atoms with Gasteiger partial charge in [-0.15, -0.1) is 0 Å². The highest BCUT2D eigenvalue weighted by molar-refractivity contribution is 5.74. The van der Waals surface area contributed by atoms with Crippen LogP contribution in [0.15, 0.2) is 0 Å². The lowest BCUT2D eigenvalue weighted by Crippen LogP contribution is -2.58. The van der Waals surface area contributed by atoms with Crippen molar-refractivity contribution in [3.05, 3.63) is 0 Å². The second-order valence-corrected chi connectivity index (χ2v) is 6.46. The summed E-state index contributed by atoms with van der Waals surface area (Å²) in [4.78, 5) is 25.1. The number of rotatable bonds is 1. The lowest BCUT2D eigenvalue weighted by molar-refractivity contribution is -0.202. The van der Waals surface area contributed by atoms with Crippen LogP contribution in [-0.2, 0) is 19.0 Å². The molecule has 2 aliphatic heterocycles. The largest absolute Gasteiger partial charge is 0.444 e. The standard InChI is InChI=1S/C14H23NO5/c1-10-7-14(18-5-6-19-14)8-11(9-16)15(10)12(17)20-13(2,3)4/h9-11H,5-8H2,1-4H3/t10-,11?/m0/s1. The number of hydrogen-bond donors (Lipinski definition) is 0. The van der Waals surface area contributed by atoms with Crippen LogP contribution < -0.4 is 0 Å². The summed E-state index contributed by atoms with van der Waals surface area (Å²) in [5.41, 5.74) is -0.584. The van der Waals surface area contributed by atoms with Crippen molar-refractivity contribution in [1.82, 2.24) is 4.90 Å². The molecule has 114 valence electrons. The zero-order valence-electron chi connectivity index (χ0n) is 12.5.